The van der Waals surface area contributed by atoms with Gasteiger partial charge in [-0.25, -0.2) is 9.78 Å². The molecule has 116 valence electrons. The predicted octanol–water partition coefficient (Wildman–Crippen LogP) is 1.74. The minimum Gasteiger partial charge on any atom is -0.464 e. The number of ether oxygens (including phenoxy) is 2. The molecule has 1 aliphatic carbocycles. The van der Waals surface area contributed by atoms with E-state index in [4.69, 9.17) is 4.74 Å². The highest BCUT2D eigenvalue weighted by Crippen LogP contribution is 2.37. The Balaban J connectivity index is 1.86. The van der Waals surface area contributed by atoms with Crippen LogP contribution in [0.15, 0.2) is 12.1 Å². The van der Waals surface area contributed by atoms with Crippen LogP contribution in [0.5, 0.6) is 0 Å². The molecule has 0 N–H and O–H groups in total. The second-order valence-electron chi connectivity index (χ2n) is 5.90. The molecule has 2 heterocycles. The normalized spacial score (nSPS) is 24.7. The van der Waals surface area contributed by atoms with Gasteiger partial charge in [-0.1, -0.05) is 0 Å². The van der Waals surface area contributed by atoms with Gasteiger partial charge in [0.2, 0.25) is 0 Å². The molecule has 2 unspecified atom stereocenters. The molecule has 22 heavy (non-hydrogen) atoms. The van der Waals surface area contributed by atoms with E-state index in [0.29, 0.717) is 5.92 Å². The van der Waals surface area contributed by atoms with Gasteiger partial charge in [0.1, 0.15) is 11.8 Å². The van der Waals surface area contributed by atoms with Crippen molar-refractivity contribution < 1.29 is 14.3 Å². The van der Waals surface area contributed by atoms with Crippen molar-refractivity contribution in [3.63, 3.8) is 0 Å². The Morgan fingerprint density at radius 1 is 1.45 bits per heavy atom. The van der Waals surface area contributed by atoms with E-state index in [1.807, 2.05) is 6.92 Å². The number of pyridine rings is 1. The molecule has 6 nitrogen and oxygen atoms in total. The molecule has 2 aliphatic rings. The maximum Gasteiger partial charge on any atom is 0.356 e. The second-order valence-corrected chi connectivity index (χ2v) is 5.90. The van der Waals surface area contributed by atoms with Gasteiger partial charge in [0.25, 0.3) is 0 Å². The highest BCUT2D eigenvalue weighted by Gasteiger charge is 2.37. The Morgan fingerprint density at radius 2 is 2.23 bits per heavy atom. The van der Waals surface area contributed by atoms with Gasteiger partial charge in [-0.3, -0.25) is 0 Å². The summed E-state index contributed by atoms with van der Waals surface area (Å²) in [6, 6.07) is 5.47. The predicted molar refractivity (Wildman–Crippen MR) is 79.6 cm³/mol. The van der Waals surface area contributed by atoms with Crippen LogP contribution in [0.1, 0.15) is 35.9 Å². The van der Waals surface area contributed by atoms with Crippen LogP contribution in [0.2, 0.25) is 0 Å². The first-order valence-electron chi connectivity index (χ1n) is 7.52. The van der Waals surface area contributed by atoms with Crippen molar-refractivity contribution in [2.75, 3.05) is 25.1 Å². The molecule has 2 fully saturated rings. The molecular formula is C16H19N3O3. The molecule has 0 amide bonds. The molecule has 2 atom stereocenters. The van der Waals surface area contributed by atoms with Gasteiger partial charge < -0.3 is 14.4 Å². The first-order valence-corrected chi connectivity index (χ1v) is 7.52. The highest BCUT2D eigenvalue weighted by atomic mass is 16.5. The van der Waals surface area contributed by atoms with Crippen molar-refractivity contribution in [2.45, 2.75) is 32.0 Å². The Labute approximate surface area is 129 Å². The largest absolute Gasteiger partial charge is 0.464 e. The van der Waals surface area contributed by atoms with Crippen LogP contribution in [0.4, 0.5) is 5.69 Å². The summed E-state index contributed by atoms with van der Waals surface area (Å²) in [5, 5.41) is 9.36. The van der Waals surface area contributed by atoms with Gasteiger partial charge in [-0.2, -0.15) is 5.26 Å². The van der Waals surface area contributed by atoms with Crippen LogP contribution >= 0.6 is 0 Å². The van der Waals surface area contributed by atoms with Crippen LogP contribution in [0.3, 0.4) is 0 Å². The first kappa shape index (κ1) is 14.8. The molecule has 0 spiro atoms. The lowest BCUT2D eigenvalue weighted by Gasteiger charge is -2.38. The Kier molecular flexibility index (Phi) is 3.99. The zero-order chi connectivity index (χ0) is 15.7. The Hall–Kier alpha value is -2.13. The summed E-state index contributed by atoms with van der Waals surface area (Å²) < 4.78 is 10.6. The number of rotatable bonds is 3. The summed E-state index contributed by atoms with van der Waals surface area (Å²) in [5.41, 5.74) is 1.17. The standard InChI is InChI=1S/C16H19N3O3/c1-10-8-19(9-15(22-10)11-3-4-11)14-6-5-12(16(20)21-2)18-13(14)7-17/h5-6,10-11,15H,3-4,8-9H2,1-2H3. The average Bonchev–Trinajstić information content (AvgIpc) is 3.37. The number of anilines is 1. The van der Waals surface area contributed by atoms with E-state index in [0.717, 1.165) is 18.8 Å². The number of esters is 1. The molecule has 1 aliphatic heterocycles. The topological polar surface area (TPSA) is 75.4 Å². The summed E-state index contributed by atoms with van der Waals surface area (Å²) >= 11 is 0. The van der Waals surface area contributed by atoms with E-state index in [1.54, 1.807) is 12.1 Å². The SMILES string of the molecule is COC(=O)c1ccc(N2CC(C)OC(C3CC3)C2)c(C#N)n1. The number of hydrogen-bond donors (Lipinski definition) is 0. The third kappa shape index (κ3) is 2.90. The van der Waals surface area contributed by atoms with E-state index in [2.05, 4.69) is 20.7 Å². The number of aromatic nitrogens is 1. The number of hydrogen-bond acceptors (Lipinski definition) is 6. The van der Waals surface area contributed by atoms with Gasteiger partial charge in [0.15, 0.2) is 5.69 Å². The van der Waals surface area contributed by atoms with Crippen LogP contribution in [-0.2, 0) is 9.47 Å². The number of morpholine rings is 1. The van der Waals surface area contributed by atoms with Crippen molar-refractivity contribution in [3.05, 3.63) is 23.5 Å². The van der Waals surface area contributed by atoms with Crippen LogP contribution < -0.4 is 4.90 Å². The number of nitriles is 1. The maximum atomic E-state index is 11.5. The fourth-order valence-electron chi connectivity index (χ4n) is 2.92. The number of carbonyl (C=O) groups excluding carboxylic acids is 1. The van der Waals surface area contributed by atoms with E-state index >= 15 is 0 Å². The lowest BCUT2D eigenvalue weighted by Crippen LogP contribution is -2.47. The number of methoxy groups -OCH3 is 1. The third-order valence-electron chi connectivity index (χ3n) is 4.15. The fraction of sp³-hybridized carbons (Fsp3) is 0.562. The smallest absolute Gasteiger partial charge is 0.356 e. The van der Waals surface area contributed by atoms with E-state index in [9.17, 15) is 10.1 Å². The number of nitrogens with zero attached hydrogens (tertiary/aromatic N) is 3. The zero-order valence-electron chi connectivity index (χ0n) is 12.8. The maximum absolute atomic E-state index is 11.5. The molecular weight excluding hydrogens is 282 g/mol. The molecule has 1 saturated carbocycles. The third-order valence-corrected chi connectivity index (χ3v) is 4.15. The van der Waals surface area contributed by atoms with Gasteiger partial charge in [-0.15, -0.1) is 0 Å². The summed E-state index contributed by atoms with van der Waals surface area (Å²) in [5.74, 6) is 0.104. The summed E-state index contributed by atoms with van der Waals surface area (Å²) in [6.45, 7) is 3.53. The number of carbonyl (C=O) groups is 1. The van der Waals surface area contributed by atoms with Gasteiger partial charge in [0, 0.05) is 13.1 Å². The molecule has 1 saturated heterocycles. The van der Waals surface area contributed by atoms with Gasteiger partial charge in [0.05, 0.1) is 25.0 Å². The van der Waals surface area contributed by atoms with E-state index in [1.165, 1.54) is 20.0 Å². The van der Waals surface area contributed by atoms with Crippen molar-refractivity contribution in [2.24, 2.45) is 5.92 Å². The van der Waals surface area contributed by atoms with Gasteiger partial charge in [-0.05, 0) is 37.8 Å². The molecule has 6 heteroatoms. The van der Waals surface area contributed by atoms with Crippen molar-refractivity contribution >= 4 is 11.7 Å². The fourth-order valence-corrected chi connectivity index (χ4v) is 2.92. The van der Waals surface area contributed by atoms with E-state index < -0.39 is 5.97 Å². The average molecular weight is 301 g/mol. The second kappa shape index (κ2) is 5.93. The Morgan fingerprint density at radius 3 is 2.86 bits per heavy atom. The van der Waals surface area contributed by atoms with Crippen molar-refractivity contribution in [3.8, 4) is 6.07 Å². The quantitative estimate of drug-likeness (QED) is 0.792. The minimum atomic E-state index is -0.533. The Bertz CT molecular complexity index is 622. The minimum absolute atomic E-state index is 0.117. The zero-order valence-corrected chi connectivity index (χ0v) is 12.8. The first-order chi connectivity index (χ1) is 10.6. The monoisotopic (exact) mass is 301 g/mol. The lowest BCUT2D eigenvalue weighted by molar-refractivity contribution is -0.0271. The summed E-state index contributed by atoms with van der Waals surface area (Å²) in [7, 11) is 1.30. The summed E-state index contributed by atoms with van der Waals surface area (Å²) in [6.07, 6.45) is 2.77. The molecule has 1 aromatic rings. The van der Waals surface area contributed by atoms with Crippen LogP contribution in [0.25, 0.3) is 0 Å². The molecule has 0 bridgehead atoms. The van der Waals surface area contributed by atoms with Crippen molar-refractivity contribution in [1.82, 2.24) is 4.98 Å². The van der Waals surface area contributed by atoms with Crippen LogP contribution in [-0.4, -0.2) is 43.4 Å². The molecule has 0 radical (unpaired) electrons. The van der Waals surface area contributed by atoms with E-state index in [-0.39, 0.29) is 23.6 Å². The molecule has 1 aromatic heterocycles. The van der Waals surface area contributed by atoms with Gasteiger partial charge >= 0.3 is 5.97 Å². The summed E-state index contributed by atoms with van der Waals surface area (Å²) in [4.78, 5) is 17.8. The highest BCUT2D eigenvalue weighted by molar-refractivity contribution is 5.87. The molecule has 3 rings (SSSR count). The van der Waals surface area contributed by atoms with Crippen LogP contribution in [0, 0.1) is 17.2 Å². The van der Waals surface area contributed by atoms with Crippen molar-refractivity contribution in [1.29, 1.82) is 5.26 Å². The lowest BCUT2D eigenvalue weighted by atomic mass is 10.1. The molecule has 0 aromatic carbocycles.